The van der Waals surface area contributed by atoms with Crippen LogP contribution >= 0.6 is 0 Å². The number of aliphatic imine (C=N–C) groups is 1. The van der Waals surface area contributed by atoms with Crippen LogP contribution < -0.4 is 11.3 Å². The fraction of sp³-hybridized carbons (Fsp3) is 0.900. The van der Waals surface area contributed by atoms with Crippen LogP contribution in [-0.2, 0) is 0 Å². The van der Waals surface area contributed by atoms with E-state index in [4.69, 9.17) is 5.84 Å². The maximum absolute atomic E-state index is 5.50. The molecule has 1 rings (SSSR count). The Morgan fingerprint density at radius 1 is 1.57 bits per heavy atom. The highest BCUT2D eigenvalue weighted by Gasteiger charge is 2.23. The summed E-state index contributed by atoms with van der Waals surface area (Å²) in [6, 6.07) is 0.961. The molecule has 0 radical (unpaired) electrons. The van der Waals surface area contributed by atoms with Crippen molar-refractivity contribution in [3.05, 3.63) is 0 Å². The zero-order chi connectivity index (χ0) is 10.6. The molecule has 0 aliphatic heterocycles. The zero-order valence-electron chi connectivity index (χ0n) is 9.45. The van der Waals surface area contributed by atoms with Crippen LogP contribution in [0.4, 0.5) is 0 Å². The van der Waals surface area contributed by atoms with E-state index in [0.717, 1.165) is 18.9 Å². The van der Waals surface area contributed by atoms with Gasteiger partial charge < -0.3 is 4.90 Å². The average molecular weight is 198 g/mol. The molecule has 0 aromatic heterocycles. The van der Waals surface area contributed by atoms with Crippen molar-refractivity contribution in [3.8, 4) is 0 Å². The standard InChI is InChI=1S/C10H22N4/c1-4-7-14(8(2)3)10(13-11)12-9-5-6-9/h8-9H,4-7,11H2,1-3H3,(H,12,13). The highest BCUT2D eigenvalue weighted by molar-refractivity contribution is 5.80. The summed E-state index contributed by atoms with van der Waals surface area (Å²) in [5.41, 5.74) is 2.72. The Morgan fingerprint density at radius 3 is 2.57 bits per heavy atom. The molecule has 1 saturated carbocycles. The van der Waals surface area contributed by atoms with E-state index in [1.807, 2.05) is 0 Å². The summed E-state index contributed by atoms with van der Waals surface area (Å²) >= 11 is 0. The molecule has 14 heavy (non-hydrogen) atoms. The topological polar surface area (TPSA) is 53.6 Å². The van der Waals surface area contributed by atoms with Gasteiger partial charge in [0.15, 0.2) is 0 Å². The number of nitrogens with one attached hydrogen (secondary N) is 1. The van der Waals surface area contributed by atoms with Crippen LogP contribution in [-0.4, -0.2) is 29.5 Å². The second-order valence-corrected chi connectivity index (χ2v) is 4.12. The van der Waals surface area contributed by atoms with Crippen molar-refractivity contribution in [1.29, 1.82) is 0 Å². The van der Waals surface area contributed by atoms with Crippen molar-refractivity contribution >= 4 is 5.96 Å². The van der Waals surface area contributed by atoms with E-state index in [-0.39, 0.29) is 0 Å². The Morgan fingerprint density at radius 2 is 2.21 bits per heavy atom. The highest BCUT2D eigenvalue weighted by Crippen LogP contribution is 2.23. The molecule has 4 heteroatoms. The number of rotatable bonds is 4. The third-order valence-electron chi connectivity index (χ3n) is 2.34. The van der Waals surface area contributed by atoms with Gasteiger partial charge in [-0.1, -0.05) is 6.92 Å². The van der Waals surface area contributed by atoms with E-state index in [2.05, 4.69) is 36.1 Å². The lowest BCUT2D eigenvalue weighted by Crippen LogP contribution is -2.48. The Balaban J connectivity index is 2.61. The summed E-state index contributed by atoms with van der Waals surface area (Å²) in [5, 5.41) is 0. The number of nitrogens with zero attached hydrogens (tertiary/aromatic N) is 2. The lowest BCUT2D eigenvalue weighted by molar-refractivity contribution is 0.336. The van der Waals surface area contributed by atoms with E-state index in [1.165, 1.54) is 12.8 Å². The van der Waals surface area contributed by atoms with Crippen LogP contribution in [0.25, 0.3) is 0 Å². The highest BCUT2D eigenvalue weighted by atomic mass is 15.4. The molecular weight excluding hydrogens is 176 g/mol. The summed E-state index contributed by atoms with van der Waals surface area (Å²) in [7, 11) is 0. The first kappa shape index (κ1) is 11.3. The Kier molecular flexibility index (Phi) is 4.20. The molecule has 0 atom stereocenters. The van der Waals surface area contributed by atoms with Crippen molar-refractivity contribution < 1.29 is 0 Å². The lowest BCUT2D eigenvalue weighted by Gasteiger charge is -2.29. The van der Waals surface area contributed by atoms with E-state index in [9.17, 15) is 0 Å². The third-order valence-corrected chi connectivity index (χ3v) is 2.34. The normalized spacial score (nSPS) is 17.4. The quantitative estimate of drug-likeness (QED) is 0.308. The molecule has 1 aliphatic carbocycles. The number of nitrogens with two attached hydrogens (primary N) is 1. The largest absolute Gasteiger partial charge is 0.340 e. The van der Waals surface area contributed by atoms with Gasteiger partial charge in [0.2, 0.25) is 5.96 Å². The molecule has 0 amide bonds. The summed E-state index contributed by atoms with van der Waals surface area (Å²) in [6.07, 6.45) is 3.54. The monoisotopic (exact) mass is 198 g/mol. The van der Waals surface area contributed by atoms with Crippen LogP contribution in [0.3, 0.4) is 0 Å². The second-order valence-electron chi connectivity index (χ2n) is 4.12. The molecule has 0 aromatic rings. The predicted molar refractivity (Wildman–Crippen MR) is 59.9 cm³/mol. The molecule has 4 nitrogen and oxygen atoms in total. The first-order valence-electron chi connectivity index (χ1n) is 5.50. The minimum Gasteiger partial charge on any atom is -0.340 e. The van der Waals surface area contributed by atoms with Gasteiger partial charge in [0, 0.05) is 12.6 Å². The van der Waals surface area contributed by atoms with Crippen molar-refractivity contribution in [2.45, 2.75) is 52.1 Å². The van der Waals surface area contributed by atoms with E-state index >= 15 is 0 Å². The Labute approximate surface area is 86.5 Å². The van der Waals surface area contributed by atoms with Gasteiger partial charge in [0.25, 0.3) is 0 Å². The van der Waals surface area contributed by atoms with E-state index in [1.54, 1.807) is 0 Å². The fourth-order valence-corrected chi connectivity index (χ4v) is 1.42. The molecule has 82 valence electrons. The predicted octanol–water partition coefficient (Wildman–Crippen LogP) is 1.09. The van der Waals surface area contributed by atoms with Gasteiger partial charge in [-0.15, -0.1) is 0 Å². The maximum Gasteiger partial charge on any atom is 0.208 e. The van der Waals surface area contributed by atoms with Gasteiger partial charge >= 0.3 is 0 Å². The van der Waals surface area contributed by atoms with Crippen molar-refractivity contribution in [2.75, 3.05) is 6.54 Å². The summed E-state index contributed by atoms with van der Waals surface area (Å²) < 4.78 is 0. The molecule has 0 saturated heterocycles. The maximum atomic E-state index is 5.50. The minimum atomic E-state index is 0.448. The second kappa shape index (κ2) is 5.20. The van der Waals surface area contributed by atoms with Crippen LogP contribution in [0.1, 0.15) is 40.0 Å². The van der Waals surface area contributed by atoms with Crippen LogP contribution in [0, 0.1) is 0 Å². The van der Waals surface area contributed by atoms with Crippen LogP contribution in [0.5, 0.6) is 0 Å². The van der Waals surface area contributed by atoms with E-state index < -0.39 is 0 Å². The van der Waals surface area contributed by atoms with Crippen molar-refractivity contribution in [2.24, 2.45) is 10.8 Å². The lowest BCUT2D eigenvalue weighted by atomic mass is 10.3. The fourth-order valence-electron chi connectivity index (χ4n) is 1.42. The van der Waals surface area contributed by atoms with Gasteiger partial charge in [0.05, 0.1) is 6.04 Å². The number of hydrazine groups is 1. The average Bonchev–Trinajstić information content (AvgIpc) is 2.94. The SMILES string of the molecule is CCCN(C(=NC1CC1)NN)C(C)C. The molecule has 3 N–H and O–H groups in total. The first-order chi connectivity index (χ1) is 6.69. The molecule has 0 aromatic carbocycles. The van der Waals surface area contributed by atoms with E-state index in [0.29, 0.717) is 12.1 Å². The minimum absolute atomic E-state index is 0.448. The Hall–Kier alpha value is -0.770. The summed E-state index contributed by atoms with van der Waals surface area (Å²) in [5.74, 6) is 6.35. The molecule has 1 aliphatic rings. The molecule has 0 heterocycles. The van der Waals surface area contributed by atoms with Gasteiger partial charge in [-0.2, -0.15) is 0 Å². The summed E-state index contributed by atoms with van der Waals surface area (Å²) in [6.45, 7) is 7.50. The van der Waals surface area contributed by atoms with Gasteiger partial charge in [0.1, 0.15) is 0 Å². The number of guanidine groups is 1. The molecular formula is C10H22N4. The van der Waals surface area contributed by atoms with Gasteiger partial charge in [-0.25, -0.2) is 10.8 Å². The van der Waals surface area contributed by atoms with Crippen molar-refractivity contribution in [3.63, 3.8) is 0 Å². The van der Waals surface area contributed by atoms with Crippen LogP contribution in [0.2, 0.25) is 0 Å². The third kappa shape index (κ3) is 3.18. The van der Waals surface area contributed by atoms with Gasteiger partial charge in [-0.3, -0.25) is 5.43 Å². The molecule has 0 spiro atoms. The molecule has 0 bridgehead atoms. The summed E-state index contributed by atoms with van der Waals surface area (Å²) in [4.78, 5) is 6.77. The van der Waals surface area contributed by atoms with Crippen molar-refractivity contribution in [1.82, 2.24) is 10.3 Å². The Bertz CT molecular complexity index is 196. The molecule has 0 unspecified atom stereocenters. The zero-order valence-corrected chi connectivity index (χ0v) is 9.45. The number of hydrogen-bond donors (Lipinski definition) is 2. The van der Waals surface area contributed by atoms with Crippen LogP contribution in [0.15, 0.2) is 4.99 Å². The molecule has 1 fully saturated rings. The first-order valence-corrected chi connectivity index (χ1v) is 5.50. The number of hydrogen-bond acceptors (Lipinski definition) is 2. The smallest absolute Gasteiger partial charge is 0.208 e. The van der Waals surface area contributed by atoms with Gasteiger partial charge in [-0.05, 0) is 33.1 Å².